The van der Waals surface area contributed by atoms with Crippen LogP contribution < -0.4 is 0 Å². The van der Waals surface area contributed by atoms with Crippen molar-refractivity contribution in [2.24, 2.45) is 5.92 Å². The van der Waals surface area contributed by atoms with Crippen LogP contribution in [0.2, 0.25) is 6.82 Å². The Balaban J connectivity index is 1.41. The van der Waals surface area contributed by atoms with Crippen molar-refractivity contribution in [1.29, 1.82) is 0 Å². The third-order valence-electron chi connectivity index (χ3n) is 6.20. The molecule has 0 bridgehead atoms. The van der Waals surface area contributed by atoms with Gasteiger partial charge in [-0.2, -0.15) is 11.6 Å². The summed E-state index contributed by atoms with van der Waals surface area (Å²) in [7, 11) is 0. The normalized spacial score (nSPS) is 21.6. The van der Waals surface area contributed by atoms with Crippen LogP contribution in [0.4, 0.5) is 0 Å². The minimum Gasteiger partial charge on any atom is -0.333 e. The molecule has 0 spiro atoms. The Kier molecular flexibility index (Phi) is 7.33. The van der Waals surface area contributed by atoms with Gasteiger partial charge in [-0.15, -0.1) is 0 Å². The third kappa shape index (κ3) is 5.51. The second-order valence-corrected chi connectivity index (χ2v) is 9.45. The number of piperidine rings is 2. The summed E-state index contributed by atoms with van der Waals surface area (Å²) in [5.41, 5.74) is 1.35. The van der Waals surface area contributed by atoms with E-state index in [2.05, 4.69) is 54.6 Å². The summed E-state index contributed by atoms with van der Waals surface area (Å²) in [4.78, 5) is 6.89. The van der Waals surface area contributed by atoms with Gasteiger partial charge in [0, 0.05) is 6.04 Å². The van der Waals surface area contributed by atoms with Crippen LogP contribution in [0.15, 0.2) is 29.2 Å². The lowest BCUT2D eigenvalue weighted by molar-refractivity contribution is 0.0944. The molecule has 2 fully saturated rings. The lowest BCUT2D eigenvalue weighted by Crippen LogP contribution is -2.50. The maximum atomic E-state index is 2.81. The summed E-state index contributed by atoms with van der Waals surface area (Å²) in [6.07, 6.45) is 8.98. The van der Waals surface area contributed by atoms with E-state index >= 15 is 0 Å². The van der Waals surface area contributed by atoms with Crippen LogP contribution in [0.1, 0.15) is 51.0 Å². The molecule has 0 N–H and O–H groups in total. The van der Waals surface area contributed by atoms with Crippen molar-refractivity contribution >= 4 is 17.7 Å². The third-order valence-corrected chi connectivity index (χ3v) is 7.39. The van der Waals surface area contributed by atoms with Crippen molar-refractivity contribution in [3.8, 4) is 0 Å². The van der Waals surface area contributed by atoms with Gasteiger partial charge in [-0.05, 0) is 81.7 Å². The summed E-state index contributed by atoms with van der Waals surface area (Å²) in [5, 5.41) is 0. The molecule has 2 aliphatic rings. The van der Waals surface area contributed by atoms with Gasteiger partial charge in [-0.25, -0.2) is 0 Å². The lowest BCUT2D eigenvalue weighted by atomic mass is 9.86. The van der Waals surface area contributed by atoms with E-state index in [1.54, 1.807) is 0 Å². The van der Waals surface area contributed by atoms with Gasteiger partial charge in [0.2, 0.25) is 0 Å². The SMILES string of the molecule is CCCC1CCN(C2CCN(B(C)Sc3ccc(C)cc3)CC2)CC1. The van der Waals surface area contributed by atoms with Gasteiger partial charge >= 0.3 is 0 Å². The van der Waals surface area contributed by atoms with Crippen molar-refractivity contribution in [3.63, 3.8) is 0 Å². The number of nitrogens with zero attached hydrogens (tertiary/aromatic N) is 2. The second kappa shape index (κ2) is 9.48. The second-order valence-electron chi connectivity index (χ2n) is 8.07. The summed E-state index contributed by atoms with van der Waals surface area (Å²) in [6, 6.07) is 9.83. The van der Waals surface area contributed by atoms with Crippen LogP contribution in [0.25, 0.3) is 0 Å². The fraction of sp³-hybridized carbons (Fsp3) is 0.714. The van der Waals surface area contributed by atoms with Crippen molar-refractivity contribution in [3.05, 3.63) is 29.8 Å². The molecule has 0 atom stereocenters. The monoisotopic (exact) mass is 358 g/mol. The molecule has 4 heteroatoms. The average Bonchev–Trinajstić information content (AvgIpc) is 2.65. The first kappa shape index (κ1) is 19.3. The highest BCUT2D eigenvalue weighted by Gasteiger charge is 2.30. The van der Waals surface area contributed by atoms with E-state index in [0.717, 1.165) is 12.0 Å². The average molecular weight is 358 g/mol. The van der Waals surface area contributed by atoms with Crippen LogP contribution >= 0.6 is 11.6 Å². The maximum Gasteiger partial charge on any atom is 0.293 e. The highest BCUT2D eigenvalue weighted by molar-refractivity contribution is 8.25. The van der Waals surface area contributed by atoms with Gasteiger partial charge in [0.05, 0.1) is 0 Å². The van der Waals surface area contributed by atoms with Gasteiger partial charge in [0.15, 0.2) is 0 Å². The molecular formula is C21H35BN2S. The Labute approximate surface area is 159 Å². The molecule has 2 saturated heterocycles. The zero-order chi connectivity index (χ0) is 17.6. The van der Waals surface area contributed by atoms with Gasteiger partial charge in [0.1, 0.15) is 0 Å². The van der Waals surface area contributed by atoms with E-state index in [1.165, 1.54) is 75.2 Å². The first-order valence-corrected chi connectivity index (χ1v) is 11.2. The fourth-order valence-corrected chi connectivity index (χ4v) is 5.56. The smallest absolute Gasteiger partial charge is 0.293 e. The van der Waals surface area contributed by atoms with Crippen LogP contribution in [0.5, 0.6) is 0 Å². The van der Waals surface area contributed by atoms with E-state index in [9.17, 15) is 0 Å². The highest BCUT2D eigenvalue weighted by Crippen LogP contribution is 2.29. The van der Waals surface area contributed by atoms with Crippen molar-refractivity contribution < 1.29 is 0 Å². The fourth-order valence-electron chi connectivity index (χ4n) is 4.52. The molecule has 3 rings (SSSR count). The summed E-state index contributed by atoms with van der Waals surface area (Å²) >= 11 is 2.01. The van der Waals surface area contributed by atoms with E-state index in [1.807, 2.05) is 11.6 Å². The molecule has 2 heterocycles. The minimum atomic E-state index is 0.582. The van der Waals surface area contributed by atoms with Crippen molar-refractivity contribution in [2.45, 2.75) is 70.1 Å². The Bertz CT molecular complexity index is 505. The largest absolute Gasteiger partial charge is 0.333 e. The van der Waals surface area contributed by atoms with Crippen molar-refractivity contribution in [2.75, 3.05) is 26.2 Å². The Morgan fingerprint density at radius 1 is 1.00 bits per heavy atom. The number of hydrogen-bond donors (Lipinski definition) is 0. The lowest BCUT2D eigenvalue weighted by Gasteiger charge is -2.42. The molecule has 2 aliphatic heterocycles. The molecule has 0 saturated carbocycles. The molecule has 2 nitrogen and oxygen atoms in total. The zero-order valence-electron chi connectivity index (χ0n) is 16.4. The molecule has 1 aromatic rings. The highest BCUT2D eigenvalue weighted by atomic mass is 32.2. The number of likely N-dealkylation sites (tertiary alicyclic amines) is 1. The van der Waals surface area contributed by atoms with Crippen LogP contribution in [0.3, 0.4) is 0 Å². The molecule has 0 unspecified atom stereocenters. The number of hydrogen-bond acceptors (Lipinski definition) is 3. The van der Waals surface area contributed by atoms with Crippen LogP contribution in [-0.2, 0) is 0 Å². The molecule has 0 radical (unpaired) electrons. The maximum absolute atomic E-state index is 2.81. The van der Waals surface area contributed by atoms with Crippen LogP contribution in [0, 0.1) is 12.8 Å². The molecule has 25 heavy (non-hydrogen) atoms. The molecule has 0 aromatic heterocycles. The van der Waals surface area contributed by atoms with Gasteiger partial charge in [0.25, 0.3) is 6.13 Å². The van der Waals surface area contributed by atoms with Gasteiger partial charge in [-0.3, -0.25) is 0 Å². The Morgan fingerprint density at radius 2 is 1.64 bits per heavy atom. The zero-order valence-corrected chi connectivity index (χ0v) is 17.2. The van der Waals surface area contributed by atoms with E-state index < -0.39 is 0 Å². The number of benzene rings is 1. The Morgan fingerprint density at radius 3 is 2.24 bits per heavy atom. The van der Waals surface area contributed by atoms with Gasteiger partial charge < -0.3 is 9.71 Å². The minimum absolute atomic E-state index is 0.582. The Hall–Kier alpha value is -0.445. The molecule has 0 aliphatic carbocycles. The van der Waals surface area contributed by atoms with Crippen LogP contribution in [-0.4, -0.2) is 48.1 Å². The summed E-state index contributed by atoms with van der Waals surface area (Å²) in [5.74, 6) is 1.01. The van der Waals surface area contributed by atoms with E-state index in [4.69, 9.17) is 0 Å². The quantitative estimate of drug-likeness (QED) is 0.647. The van der Waals surface area contributed by atoms with E-state index in [-0.39, 0.29) is 0 Å². The molecule has 1 aromatic carbocycles. The van der Waals surface area contributed by atoms with Gasteiger partial charge in [-0.1, -0.05) is 44.3 Å². The summed E-state index contributed by atoms with van der Waals surface area (Å²) < 4.78 is 0. The predicted molar refractivity (Wildman–Crippen MR) is 112 cm³/mol. The number of rotatable bonds is 6. The first-order chi connectivity index (χ1) is 12.2. The molecular weight excluding hydrogens is 323 g/mol. The first-order valence-electron chi connectivity index (χ1n) is 10.4. The van der Waals surface area contributed by atoms with E-state index in [0.29, 0.717) is 6.13 Å². The molecule has 0 amide bonds. The topological polar surface area (TPSA) is 6.48 Å². The predicted octanol–water partition coefficient (Wildman–Crippen LogP) is 5.18. The standard InChI is InChI=1S/C21H35BN2S/c1-4-5-19-10-14-23(15-11-19)20-12-16-24(17-13-20)22(3)25-21-8-6-18(2)7-9-21/h6-9,19-20H,4-5,10-17H2,1-3H3. The number of aryl methyl sites for hydroxylation is 1. The summed E-state index contributed by atoms with van der Waals surface area (Å²) in [6.45, 7) is 12.1. The molecule has 138 valence electrons. The van der Waals surface area contributed by atoms with Crippen molar-refractivity contribution in [1.82, 2.24) is 9.71 Å².